The van der Waals surface area contributed by atoms with Crippen LogP contribution in [0.5, 0.6) is 23.0 Å². The predicted octanol–water partition coefficient (Wildman–Crippen LogP) is 3.91. The topological polar surface area (TPSA) is 99.6 Å². The van der Waals surface area contributed by atoms with E-state index in [4.69, 9.17) is 4.74 Å². The first-order valence-corrected chi connectivity index (χ1v) is 9.89. The molecule has 0 amide bonds. The van der Waals surface area contributed by atoms with Crippen LogP contribution >= 0.6 is 11.3 Å². The SMILES string of the molecule is CN=c1scc(-c2ccc3cc(OC)ccc3c2)n1N=Cc1ccc(O)c(O)c1O. The number of aromatic hydroxyl groups is 3. The minimum absolute atomic E-state index is 0.266. The number of rotatable bonds is 4. The molecule has 0 radical (unpaired) electrons. The lowest BCUT2D eigenvalue weighted by atomic mass is 10.1. The quantitative estimate of drug-likeness (QED) is 0.344. The van der Waals surface area contributed by atoms with Gasteiger partial charge in [0.05, 0.1) is 19.0 Å². The van der Waals surface area contributed by atoms with Crippen molar-refractivity contribution in [1.82, 2.24) is 4.68 Å². The van der Waals surface area contributed by atoms with Crippen molar-refractivity contribution in [2.75, 3.05) is 14.2 Å². The molecule has 1 heterocycles. The number of aromatic nitrogens is 1. The van der Waals surface area contributed by atoms with Gasteiger partial charge in [-0.1, -0.05) is 18.2 Å². The van der Waals surface area contributed by atoms with Gasteiger partial charge in [-0.15, -0.1) is 11.3 Å². The molecule has 0 fully saturated rings. The second-order valence-corrected chi connectivity index (χ2v) is 7.32. The predicted molar refractivity (Wildman–Crippen MR) is 118 cm³/mol. The third-order valence-corrected chi connectivity index (χ3v) is 5.60. The maximum absolute atomic E-state index is 10.0. The van der Waals surface area contributed by atoms with Crippen molar-refractivity contribution in [2.45, 2.75) is 0 Å². The van der Waals surface area contributed by atoms with Gasteiger partial charge in [0.1, 0.15) is 5.75 Å². The number of nitrogens with zero attached hydrogens (tertiary/aromatic N) is 3. The van der Waals surface area contributed by atoms with Gasteiger partial charge >= 0.3 is 0 Å². The van der Waals surface area contributed by atoms with Crippen LogP contribution in [0.4, 0.5) is 0 Å². The van der Waals surface area contributed by atoms with Crippen LogP contribution in [-0.2, 0) is 0 Å². The molecule has 0 saturated carbocycles. The Labute approximate surface area is 176 Å². The first-order valence-electron chi connectivity index (χ1n) is 9.01. The van der Waals surface area contributed by atoms with E-state index in [2.05, 4.69) is 16.2 Å². The lowest BCUT2D eigenvalue weighted by molar-refractivity contribution is 0.367. The van der Waals surface area contributed by atoms with Crippen molar-refractivity contribution in [3.05, 3.63) is 64.3 Å². The van der Waals surface area contributed by atoms with Crippen molar-refractivity contribution < 1.29 is 20.1 Å². The second-order valence-electron chi connectivity index (χ2n) is 6.48. The second kappa shape index (κ2) is 7.92. The molecular formula is C22H19N3O4S. The molecule has 7 nitrogen and oxygen atoms in total. The number of phenols is 3. The number of hydrogen-bond acceptors (Lipinski definition) is 7. The average molecular weight is 421 g/mol. The van der Waals surface area contributed by atoms with Crippen molar-refractivity contribution >= 4 is 28.3 Å². The van der Waals surface area contributed by atoms with Crippen molar-refractivity contribution in [3.8, 4) is 34.3 Å². The zero-order valence-electron chi connectivity index (χ0n) is 16.3. The van der Waals surface area contributed by atoms with Crippen molar-refractivity contribution in [2.24, 2.45) is 10.1 Å². The Hall–Kier alpha value is -3.78. The Morgan fingerprint density at radius 1 is 0.967 bits per heavy atom. The van der Waals surface area contributed by atoms with E-state index < -0.39 is 17.2 Å². The number of thiazole rings is 1. The molecule has 0 aliphatic carbocycles. The van der Waals surface area contributed by atoms with Crippen LogP contribution in [0.2, 0.25) is 0 Å². The fourth-order valence-corrected chi connectivity index (χ4v) is 3.88. The Kier molecular flexibility index (Phi) is 5.16. The highest BCUT2D eigenvalue weighted by molar-refractivity contribution is 7.07. The number of fused-ring (bicyclic) bond motifs is 1. The third-order valence-electron chi connectivity index (χ3n) is 4.69. The molecule has 0 bridgehead atoms. The van der Waals surface area contributed by atoms with E-state index in [9.17, 15) is 15.3 Å². The summed E-state index contributed by atoms with van der Waals surface area (Å²) in [5.74, 6) is -0.620. The summed E-state index contributed by atoms with van der Waals surface area (Å²) in [6.07, 6.45) is 1.41. The molecule has 152 valence electrons. The summed E-state index contributed by atoms with van der Waals surface area (Å²) >= 11 is 1.44. The fraction of sp³-hybridized carbons (Fsp3) is 0.0909. The lowest BCUT2D eigenvalue weighted by Gasteiger charge is -2.07. The highest BCUT2D eigenvalue weighted by Crippen LogP contribution is 2.36. The largest absolute Gasteiger partial charge is 0.504 e. The van der Waals surface area contributed by atoms with Gasteiger partial charge in [-0.05, 0) is 41.1 Å². The summed E-state index contributed by atoms with van der Waals surface area (Å²) < 4.78 is 6.95. The zero-order chi connectivity index (χ0) is 21.3. The molecule has 4 aromatic rings. The highest BCUT2D eigenvalue weighted by atomic mass is 32.1. The smallest absolute Gasteiger partial charge is 0.205 e. The van der Waals surface area contributed by atoms with E-state index in [1.165, 1.54) is 29.7 Å². The van der Waals surface area contributed by atoms with Gasteiger partial charge in [0.25, 0.3) is 0 Å². The third kappa shape index (κ3) is 3.48. The summed E-state index contributed by atoms with van der Waals surface area (Å²) in [7, 11) is 3.32. The number of hydrogen-bond donors (Lipinski definition) is 3. The maximum atomic E-state index is 10.0. The summed E-state index contributed by atoms with van der Waals surface area (Å²) in [4.78, 5) is 4.93. The molecule has 0 spiro atoms. The first-order chi connectivity index (χ1) is 14.5. The fourth-order valence-electron chi connectivity index (χ4n) is 3.08. The Balaban J connectivity index is 1.79. The van der Waals surface area contributed by atoms with Crippen molar-refractivity contribution in [1.29, 1.82) is 0 Å². The van der Waals surface area contributed by atoms with Crippen LogP contribution in [0, 0.1) is 0 Å². The summed E-state index contributed by atoms with van der Waals surface area (Å²) in [5, 5.41) is 37.8. The van der Waals surface area contributed by atoms with Gasteiger partial charge in [-0.3, -0.25) is 4.99 Å². The van der Waals surface area contributed by atoms with E-state index in [1.807, 2.05) is 35.7 Å². The highest BCUT2D eigenvalue weighted by Gasteiger charge is 2.11. The number of phenolic OH excluding ortho intramolecular Hbond substituents is 3. The minimum atomic E-state index is -0.583. The lowest BCUT2D eigenvalue weighted by Crippen LogP contribution is -2.11. The summed E-state index contributed by atoms with van der Waals surface area (Å²) in [6, 6.07) is 14.7. The standard InChI is InChI=1S/C22H19N3O4S/c1-23-22-25(24-11-16-6-8-19(26)21(28)20(16)27)18(12-30-22)15-4-3-14-10-17(29-2)7-5-13(14)9-15/h3-12,26-28H,1-2H3. The zero-order valence-corrected chi connectivity index (χ0v) is 17.1. The van der Waals surface area contributed by atoms with Gasteiger partial charge in [-0.25, -0.2) is 4.68 Å². The molecule has 3 N–H and O–H groups in total. The maximum Gasteiger partial charge on any atom is 0.205 e. The minimum Gasteiger partial charge on any atom is -0.504 e. The Morgan fingerprint density at radius 3 is 2.50 bits per heavy atom. The van der Waals surface area contributed by atoms with Gasteiger partial charge in [0.2, 0.25) is 10.6 Å². The molecular weight excluding hydrogens is 402 g/mol. The van der Waals surface area contributed by atoms with E-state index in [-0.39, 0.29) is 5.56 Å². The summed E-state index contributed by atoms with van der Waals surface area (Å²) in [5.41, 5.74) is 2.05. The molecule has 0 unspecified atom stereocenters. The Morgan fingerprint density at radius 2 is 1.73 bits per heavy atom. The van der Waals surface area contributed by atoms with Crippen LogP contribution in [-0.4, -0.2) is 40.4 Å². The summed E-state index contributed by atoms with van der Waals surface area (Å²) in [6.45, 7) is 0. The molecule has 4 rings (SSSR count). The first kappa shape index (κ1) is 19.5. The van der Waals surface area contributed by atoms with Crippen LogP contribution in [0.1, 0.15) is 5.56 Å². The van der Waals surface area contributed by atoms with E-state index >= 15 is 0 Å². The van der Waals surface area contributed by atoms with Gasteiger partial charge in [0, 0.05) is 23.6 Å². The molecule has 30 heavy (non-hydrogen) atoms. The van der Waals surface area contributed by atoms with Crippen LogP contribution < -0.4 is 9.54 Å². The van der Waals surface area contributed by atoms with Gasteiger partial charge in [-0.2, -0.15) is 5.10 Å². The van der Waals surface area contributed by atoms with Crippen molar-refractivity contribution in [3.63, 3.8) is 0 Å². The van der Waals surface area contributed by atoms with Gasteiger partial charge in [0.15, 0.2) is 11.5 Å². The Bertz CT molecular complexity index is 1340. The van der Waals surface area contributed by atoms with Gasteiger partial charge < -0.3 is 20.1 Å². The van der Waals surface area contributed by atoms with E-state index in [0.717, 1.165) is 27.8 Å². The number of benzene rings is 3. The average Bonchev–Trinajstić information content (AvgIpc) is 3.19. The van der Waals surface area contributed by atoms with Crippen LogP contribution in [0.25, 0.3) is 22.0 Å². The molecule has 0 saturated heterocycles. The monoisotopic (exact) mass is 421 g/mol. The molecule has 1 aromatic heterocycles. The molecule has 0 atom stereocenters. The van der Waals surface area contributed by atoms with E-state index in [0.29, 0.717) is 4.80 Å². The number of methoxy groups -OCH3 is 1. The molecule has 3 aromatic carbocycles. The van der Waals surface area contributed by atoms with Crippen LogP contribution in [0.15, 0.2) is 64.0 Å². The van der Waals surface area contributed by atoms with E-state index in [1.54, 1.807) is 18.8 Å². The molecule has 0 aliphatic heterocycles. The number of ether oxygens (including phenoxy) is 1. The normalized spacial score (nSPS) is 12.1. The molecule has 0 aliphatic rings. The molecule has 8 heteroatoms. The van der Waals surface area contributed by atoms with Crippen LogP contribution in [0.3, 0.4) is 0 Å².